The number of nitrogens with one attached hydrogen (secondary N) is 1. The molecule has 3 aromatic heterocycles. The van der Waals surface area contributed by atoms with Crippen molar-refractivity contribution < 1.29 is 4.39 Å². The molecule has 114 valence electrons. The second-order valence-electron chi connectivity index (χ2n) is 5.24. The van der Waals surface area contributed by atoms with E-state index < -0.39 is 0 Å². The Balaban J connectivity index is 1.85. The number of rotatable bonds is 3. The minimum atomic E-state index is -0.252. The van der Waals surface area contributed by atoms with Gasteiger partial charge in [-0.15, -0.1) is 0 Å². The first-order chi connectivity index (χ1) is 11.2. The summed E-state index contributed by atoms with van der Waals surface area (Å²) in [6, 6.07) is 6.68. The van der Waals surface area contributed by atoms with Crippen LogP contribution in [0.4, 0.5) is 4.39 Å². The molecule has 1 aromatic carbocycles. The van der Waals surface area contributed by atoms with Gasteiger partial charge in [0.25, 0.3) is 0 Å². The number of H-pyrrole nitrogens is 1. The van der Waals surface area contributed by atoms with Crippen LogP contribution in [0.3, 0.4) is 0 Å². The van der Waals surface area contributed by atoms with Crippen molar-refractivity contribution in [1.82, 2.24) is 29.5 Å². The van der Waals surface area contributed by atoms with Gasteiger partial charge < -0.3 is 4.40 Å². The maximum absolute atomic E-state index is 13.9. The van der Waals surface area contributed by atoms with Gasteiger partial charge in [-0.2, -0.15) is 5.10 Å². The smallest absolute Gasteiger partial charge is 0.201 e. The van der Waals surface area contributed by atoms with Crippen molar-refractivity contribution in [1.29, 1.82) is 0 Å². The lowest BCUT2D eigenvalue weighted by Gasteiger charge is -2.06. The van der Waals surface area contributed by atoms with E-state index in [-0.39, 0.29) is 5.82 Å². The Bertz CT molecular complexity index is 987. The average molecular weight is 308 g/mol. The molecule has 0 bridgehead atoms. The first-order valence-electron chi connectivity index (χ1n) is 7.16. The van der Waals surface area contributed by atoms with Gasteiger partial charge in [-0.25, -0.2) is 19.3 Å². The molecule has 0 aliphatic rings. The third kappa shape index (κ3) is 2.46. The first-order valence-corrected chi connectivity index (χ1v) is 7.16. The maximum Gasteiger partial charge on any atom is 0.201 e. The molecule has 0 atom stereocenters. The highest BCUT2D eigenvalue weighted by molar-refractivity contribution is 5.55. The number of aromatic amines is 1. The zero-order valence-corrected chi connectivity index (χ0v) is 12.4. The van der Waals surface area contributed by atoms with E-state index in [1.165, 1.54) is 6.07 Å². The van der Waals surface area contributed by atoms with Crippen LogP contribution in [0.2, 0.25) is 0 Å². The lowest BCUT2D eigenvalue weighted by Crippen LogP contribution is -2.02. The summed E-state index contributed by atoms with van der Waals surface area (Å²) < 4.78 is 15.8. The fourth-order valence-corrected chi connectivity index (χ4v) is 2.50. The van der Waals surface area contributed by atoms with Gasteiger partial charge >= 0.3 is 0 Å². The molecule has 4 rings (SSSR count). The molecule has 0 amide bonds. The highest BCUT2D eigenvalue weighted by Crippen LogP contribution is 2.19. The van der Waals surface area contributed by atoms with Crippen molar-refractivity contribution >= 4 is 5.65 Å². The predicted molar refractivity (Wildman–Crippen MR) is 82.3 cm³/mol. The first kappa shape index (κ1) is 13.6. The van der Waals surface area contributed by atoms with Crippen molar-refractivity contribution in [3.05, 3.63) is 65.8 Å². The number of fused-ring (bicyclic) bond motifs is 1. The molecular formula is C16H13FN6. The second-order valence-corrected chi connectivity index (χ2v) is 5.24. The second kappa shape index (κ2) is 5.28. The van der Waals surface area contributed by atoms with Crippen molar-refractivity contribution in [3.63, 3.8) is 0 Å². The molecule has 0 saturated heterocycles. The summed E-state index contributed by atoms with van der Waals surface area (Å²) in [5.74, 6) is 0.967. The van der Waals surface area contributed by atoms with E-state index in [1.54, 1.807) is 18.3 Å². The van der Waals surface area contributed by atoms with Gasteiger partial charge in [-0.3, -0.25) is 5.10 Å². The minimum Gasteiger partial charge on any atom is -0.303 e. The molecule has 4 aromatic rings. The van der Waals surface area contributed by atoms with Crippen LogP contribution < -0.4 is 0 Å². The molecule has 0 unspecified atom stereocenters. The molecule has 0 aliphatic carbocycles. The van der Waals surface area contributed by atoms with Crippen LogP contribution in [0.25, 0.3) is 17.2 Å². The van der Waals surface area contributed by atoms with E-state index in [0.717, 1.165) is 0 Å². The lowest BCUT2D eigenvalue weighted by molar-refractivity contribution is 0.613. The number of halogens is 1. The Morgan fingerprint density at radius 1 is 1.22 bits per heavy atom. The Morgan fingerprint density at radius 3 is 2.87 bits per heavy atom. The molecule has 0 aliphatic heterocycles. The van der Waals surface area contributed by atoms with Crippen LogP contribution in [0.1, 0.15) is 17.1 Å². The summed E-state index contributed by atoms with van der Waals surface area (Å²) in [5.41, 5.74) is 2.57. The number of aryl methyl sites for hydroxylation is 1. The molecule has 0 fully saturated rings. The summed E-state index contributed by atoms with van der Waals surface area (Å²) in [7, 11) is 0. The number of aromatic nitrogens is 6. The lowest BCUT2D eigenvalue weighted by atomic mass is 10.1. The summed E-state index contributed by atoms with van der Waals surface area (Å²) in [4.78, 5) is 13.2. The molecule has 6 nitrogen and oxygen atoms in total. The van der Waals surface area contributed by atoms with E-state index >= 15 is 0 Å². The largest absolute Gasteiger partial charge is 0.303 e. The van der Waals surface area contributed by atoms with E-state index in [0.29, 0.717) is 40.7 Å². The maximum atomic E-state index is 13.9. The van der Waals surface area contributed by atoms with E-state index in [1.807, 2.05) is 29.8 Å². The van der Waals surface area contributed by atoms with Crippen molar-refractivity contribution in [2.45, 2.75) is 13.3 Å². The quantitative estimate of drug-likeness (QED) is 0.631. The van der Waals surface area contributed by atoms with Gasteiger partial charge in [0.1, 0.15) is 17.3 Å². The zero-order chi connectivity index (χ0) is 15.8. The molecule has 0 spiro atoms. The van der Waals surface area contributed by atoms with Crippen LogP contribution >= 0.6 is 0 Å². The molecule has 23 heavy (non-hydrogen) atoms. The summed E-state index contributed by atoms with van der Waals surface area (Å²) >= 11 is 0. The monoisotopic (exact) mass is 308 g/mol. The summed E-state index contributed by atoms with van der Waals surface area (Å²) in [5, 5.41) is 6.94. The van der Waals surface area contributed by atoms with Crippen LogP contribution in [-0.2, 0) is 6.42 Å². The normalized spacial score (nSPS) is 11.2. The summed E-state index contributed by atoms with van der Waals surface area (Å²) in [6.45, 7) is 1.83. The van der Waals surface area contributed by atoms with Crippen molar-refractivity contribution in [2.24, 2.45) is 0 Å². The zero-order valence-electron chi connectivity index (χ0n) is 12.4. The predicted octanol–water partition coefficient (Wildman–Crippen LogP) is 2.55. The number of benzene rings is 1. The molecule has 7 heteroatoms. The minimum absolute atomic E-state index is 0.252. The van der Waals surface area contributed by atoms with Crippen molar-refractivity contribution in [3.8, 4) is 11.5 Å². The van der Waals surface area contributed by atoms with E-state index in [2.05, 4.69) is 25.1 Å². The van der Waals surface area contributed by atoms with Gasteiger partial charge in [0.05, 0.1) is 5.69 Å². The van der Waals surface area contributed by atoms with Gasteiger partial charge in [0, 0.05) is 25.0 Å². The standard InChI is InChI=1S/C16H13FN6/c1-10-19-15(22-21-10)14-9-23-7-6-18-16(23)13(20-14)8-11-4-2-3-5-12(11)17/h2-7,9H,8H2,1H3,(H,19,21,22). The van der Waals surface area contributed by atoms with Gasteiger partial charge in [0.15, 0.2) is 5.65 Å². The molecular weight excluding hydrogens is 295 g/mol. The van der Waals surface area contributed by atoms with E-state index in [4.69, 9.17) is 0 Å². The average Bonchev–Trinajstić information content (AvgIpc) is 3.18. The fraction of sp³-hybridized carbons (Fsp3) is 0.125. The molecule has 1 N–H and O–H groups in total. The number of nitrogens with zero attached hydrogens (tertiary/aromatic N) is 5. The van der Waals surface area contributed by atoms with Crippen LogP contribution in [-0.4, -0.2) is 29.5 Å². The SMILES string of the molecule is Cc1nc(-c2cn3ccnc3c(Cc3ccccc3F)n2)n[nH]1. The highest BCUT2D eigenvalue weighted by Gasteiger charge is 2.14. The summed E-state index contributed by atoms with van der Waals surface area (Å²) in [6.07, 6.45) is 5.68. The van der Waals surface area contributed by atoms with Gasteiger partial charge in [0.2, 0.25) is 5.82 Å². The van der Waals surface area contributed by atoms with Gasteiger partial charge in [-0.05, 0) is 18.6 Å². The van der Waals surface area contributed by atoms with Crippen LogP contribution in [0.5, 0.6) is 0 Å². The van der Waals surface area contributed by atoms with Crippen molar-refractivity contribution in [2.75, 3.05) is 0 Å². The third-order valence-corrected chi connectivity index (χ3v) is 3.59. The third-order valence-electron chi connectivity index (χ3n) is 3.59. The number of hydrogen-bond acceptors (Lipinski definition) is 4. The molecule has 0 saturated carbocycles. The topological polar surface area (TPSA) is 71.8 Å². The van der Waals surface area contributed by atoms with E-state index in [9.17, 15) is 4.39 Å². The molecule has 3 heterocycles. The Hall–Kier alpha value is -3.09. The Morgan fingerprint density at radius 2 is 2.09 bits per heavy atom. The fourth-order valence-electron chi connectivity index (χ4n) is 2.50. The number of hydrogen-bond donors (Lipinski definition) is 1. The number of imidazole rings is 1. The van der Waals surface area contributed by atoms with Crippen LogP contribution in [0, 0.1) is 12.7 Å². The van der Waals surface area contributed by atoms with Crippen LogP contribution in [0.15, 0.2) is 42.9 Å². The Labute approximate surface area is 131 Å². The van der Waals surface area contributed by atoms with Gasteiger partial charge in [-0.1, -0.05) is 18.2 Å². The highest BCUT2D eigenvalue weighted by atomic mass is 19.1. The molecule has 0 radical (unpaired) electrons. The Kier molecular flexibility index (Phi) is 3.11.